The monoisotopic (exact) mass is 370 g/mol. The second kappa shape index (κ2) is 19.2. The molecule has 0 amide bonds. The van der Waals surface area contributed by atoms with E-state index >= 15 is 0 Å². The van der Waals surface area contributed by atoms with E-state index in [2.05, 4.69) is 38.0 Å². The van der Waals surface area contributed by atoms with E-state index < -0.39 is 5.97 Å². The quantitative estimate of drug-likeness (QED) is 0.269. The van der Waals surface area contributed by atoms with E-state index in [1.807, 2.05) is 36.4 Å². The summed E-state index contributed by atoms with van der Waals surface area (Å²) in [5.74, 6) is -0.736. The first-order chi connectivity index (χ1) is 13.0. The van der Waals surface area contributed by atoms with Gasteiger partial charge in [-0.25, -0.2) is 9.59 Å². The van der Waals surface area contributed by atoms with Crippen LogP contribution in [0.1, 0.15) is 25.3 Å². The van der Waals surface area contributed by atoms with E-state index in [0.717, 1.165) is 24.5 Å². The molecular weight excluding hydrogens is 340 g/mol. The van der Waals surface area contributed by atoms with E-state index in [9.17, 15) is 9.59 Å². The maximum absolute atomic E-state index is 11.5. The van der Waals surface area contributed by atoms with Crippen molar-refractivity contribution in [3.63, 3.8) is 0 Å². The summed E-state index contributed by atoms with van der Waals surface area (Å²) < 4.78 is 9.19. The van der Waals surface area contributed by atoms with Crippen molar-refractivity contribution in [1.82, 2.24) is 0 Å². The second-order valence-electron chi connectivity index (χ2n) is 4.96. The van der Waals surface area contributed by atoms with Gasteiger partial charge in [-0.3, -0.25) is 0 Å². The second-order valence-corrected chi connectivity index (χ2v) is 4.96. The predicted octanol–water partition coefficient (Wildman–Crippen LogP) is 5.30. The molecule has 0 atom stereocenters. The Hall–Kier alpha value is -3.14. The van der Waals surface area contributed by atoms with Gasteiger partial charge in [0.1, 0.15) is 0 Å². The Bertz CT molecular complexity index is 607. The third-order valence-electron chi connectivity index (χ3n) is 2.80. The number of hydrogen-bond acceptors (Lipinski definition) is 4. The Morgan fingerprint density at radius 3 is 2.07 bits per heavy atom. The van der Waals surface area contributed by atoms with Crippen LogP contribution in [0.2, 0.25) is 0 Å². The highest BCUT2D eigenvalue weighted by Gasteiger charge is 2.03. The minimum atomic E-state index is -0.394. The molecule has 0 saturated carbocycles. The van der Waals surface area contributed by atoms with Gasteiger partial charge in [0, 0.05) is 6.08 Å². The summed E-state index contributed by atoms with van der Waals surface area (Å²) in [4.78, 5) is 21.3. The lowest BCUT2D eigenvalue weighted by Gasteiger charge is -2.02. The van der Waals surface area contributed by atoms with Crippen LogP contribution in [0.5, 0.6) is 0 Å². The van der Waals surface area contributed by atoms with Gasteiger partial charge < -0.3 is 9.47 Å². The van der Waals surface area contributed by atoms with Crippen LogP contribution in [-0.2, 0) is 19.1 Å². The number of carbonyl (C=O) groups is 2. The molecule has 146 valence electrons. The smallest absolute Gasteiger partial charge is 0.337 e. The first-order valence-corrected chi connectivity index (χ1v) is 8.49. The lowest BCUT2D eigenvalue weighted by Crippen LogP contribution is -2.06. The zero-order valence-electron chi connectivity index (χ0n) is 16.4. The van der Waals surface area contributed by atoms with Crippen LogP contribution < -0.4 is 0 Å². The van der Waals surface area contributed by atoms with Gasteiger partial charge in [-0.05, 0) is 18.1 Å². The van der Waals surface area contributed by atoms with Crippen molar-refractivity contribution < 1.29 is 19.1 Å². The lowest BCUT2D eigenvalue weighted by molar-refractivity contribution is -0.138. The van der Waals surface area contributed by atoms with E-state index in [1.54, 1.807) is 18.2 Å². The summed E-state index contributed by atoms with van der Waals surface area (Å²) in [6, 6.07) is 9.77. The molecule has 4 heteroatoms. The molecule has 27 heavy (non-hydrogen) atoms. The standard InChI is InChI=1S/C15H18O2.C4H6O2.C4H6/c1-3-4-12-17-15(16)13(2)10-11-14-8-6-5-7-9-14;1-3-4(5)6-2;1-3-4-2/h5-11H,2-4,12H2,1H3;3H,1H2,2H3;3-4H,1-2H2. The van der Waals surface area contributed by atoms with Crippen molar-refractivity contribution in [2.75, 3.05) is 13.7 Å². The van der Waals surface area contributed by atoms with E-state index in [-0.39, 0.29) is 5.97 Å². The number of hydrogen-bond donors (Lipinski definition) is 0. The van der Waals surface area contributed by atoms with Crippen molar-refractivity contribution in [3.8, 4) is 0 Å². The fourth-order valence-corrected chi connectivity index (χ4v) is 1.31. The average molecular weight is 370 g/mol. The molecule has 0 aliphatic rings. The Labute approximate surface area is 163 Å². The lowest BCUT2D eigenvalue weighted by atomic mass is 10.2. The van der Waals surface area contributed by atoms with Crippen LogP contribution in [-0.4, -0.2) is 25.7 Å². The van der Waals surface area contributed by atoms with Gasteiger partial charge in [0.05, 0.1) is 19.3 Å². The first-order valence-electron chi connectivity index (χ1n) is 8.49. The SMILES string of the molecule is C=C(C=Cc1ccccc1)C(=O)OCCCC.C=CC(=O)OC.C=CC=C. The Kier molecular flexibility index (Phi) is 18.5. The summed E-state index contributed by atoms with van der Waals surface area (Å²) in [5, 5.41) is 0. The third-order valence-corrected chi connectivity index (χ3v) is 2.80. The average Bonchev–Trinajstić information content (AvgIpc) is 2.72. The number of rotatable bonds is 8. The maximum atomic E-state index is 11.5. The van der Waals surface area contributed by atoms with Crippen molar-refractivity contribution in [2.24, 2.45) is 0 Å². The number of esters is 2. The molecule has 1 rings (SSSR count). The minimum absolute atomic E-state index is 0.342. The van der Waals surface area contributed by atoms with E-state index in [1.165, 1.54) is 7.11 Å². The molecule has 0 aliphatic carbocycles. The van der Waals surface area contributed by atoms with Crippen molar-refractivity contribution in [1.29, 1.82) is 0 Å². The van der Waals surface area contributed by atoms with E-state index in [0.29, 0.717) is 12.2 Å². The largest absolute Gasteiger partial charge is 0.466 e. The highest BCUT2D eigenvalue weighted by atomic mass is 16.5. The van der Waals surface area contributed by atoms with Crippen LogP contribution in [0, 0.1) is 0 Å². The molecule has 0 saturated heterocycles. The van der Waals surface area contributed by atoms with Crippen molar-refractivity contribution in [3.05, 3.63) is 92.1 Å². The fraction of sp³-hybridized carbons (Fsp3) is 0.217. The molecule has 0 bridgehead atoms. The number of ether oxygens (including phenoxy) is 2. The van der Waals surface area contributed by atoms with Gasteiger partial charge >= 0.3 is 11.9 Å². The fourth-order valence-electron chi connectivity index (χ4n) is 1.31. The molecule has 0 radical (unpaired) electrons. The number of allylic oxidation sites excluding steroid dienone is 2. The normalized spacial score (nSPS) is 8.81. The van der Waals surface area contributed by atoms with Crippen LogP contribution in [0.3, 0.4) is 0 Å². The Morgan fingerprint density at radius 1 is 1.07 bits per heavy atom. The molecule has 0 spiro atoms. The van der Waals surface area contributed by atoms with E-state index in [4.69, 9.17) is 4.74 Å². The first kappa shape index (κ1) is 26.1. The van der Waals surface area contributed by atoms with Crippen LogP contribution in [0.25, 0.3) is 6.08 Å². The molecule has 0 aliphatic heterocycles. The Morgan fingerprint density at radius 2 is 1.67 bits per heavy atom. The molecule has 4 nitrogen and oxygen atoms in total. The number of unbranched alkanes of at least 4 members (excludes halogenated alkanes) is 1. The number of benzene rings is 1. The molecule has 1 aromatic carbocycles. The Balaban J connectivity index is 0. The van der Waals surface area contributed by atoms with Crippen LogP contribution in [0.15, 0.2) is 86.5 Å². The van der Waals surface area contributed by atoms with Gasteiger partial charge in [0.25, 0.3) is 0 Å². The molecule has 0 unspecified atom stereocenters. The van der Waals surface area contributed by atoms with Crippen LogP contribution in [0.4, 0.5) is 0 Å². The maximum Gasteiger partial charge on any atom is 0.337 e. The van der Waals surface area contributed by atoms with Gasteiger partial charge in [0.15, 0.2) is 0 Å². The van der Waals surface area contributed by atoms with Crippen LogP contribution >= 0.6 is 0 Å². The van der Waals surface area contributed by atoms with Gasteiger partial charge in [-0.1, -0.05) is 88.2 Å². The zero-order valence-corrected chi connectivity index (χ0v) is 16.4. The summed E-state index contributed by atoms with van der Waals surface area (Å²) in [6.45, 7) is 16.1. The summed E-state index contributed by atoms with van der Waals surface area (Å²) in [5.41, 5.74) is 1.42. The van der Waals surface area contributed by atoms with Gasteiger partial charge in [0.2, 0.25) is 0 Å². The molecule has 0 heterocycles. The minimum Gasteiger partial charge on any atom is -0.466 e. The highest BCUT2D eigenvalue weighted by molar-refractivity contribution is 5.92. The number of carbonyl (C=O) groups excluding carboxylic acids is 2. The summed E-state index contributed by atoms with van der Waals surface area (Å²) in [6.07, 6.45) is 9.83. The van der Waals surface area contributed by atoms with Crippen molar-refractivity contribution >= 4 is 18.0 Å². The molecule has 0 fully saturated rings. The number of methoxy groups -OCH3 is 1. The van der Waals surface area contributed by atoms with Crippen molar-refractivity contribution in [2.45, 2.75) is 19.8 Å². The molecular formula is C23H30O4. The zero-order chi connectivity index (χ0) is 20.9. The van der Waals surface area contributed by atoms with Gasteiger partial charge in [-0.2, -0.15) is 0 Å². The highest BCUT2D eigenvalue weighted by Crippen LogP contribution is 2.05. The molecule has 0 N–H and O–H groups in total. The molecule has 1 aromatic rings. The predicted molar refractivity (Wildman–Crippen MR) is 113 cm³/mol. The molecule has 0 aromatic heterocycles. The summed E-state index contributed by atoms with van der Waals surface area (Å²) >= 11 is 0. The third kappa shape index (κ3) is 17.5. The topological polar surface area (TPSA) is 52.6 Å². The van der Waals surface area contributed by atoms with Gasteiger partial charge in [-0.15, -0.1) is 0 Å². The summed E-state index contributed by atoms with van der Waals surface area (Å²) in [7, 11) is 1.31.